The van der Waals surface area contributed by atoms with E-state index in [2.05, 4.69) is 29.0 Å². The molecule has 0 aliphatic heterocycles. The van der Waals surface area contributed by atoms with Crippen LogP contribution in [0.2, 0.25) is 0 Å². The molecule has 1 aliphatic rings. The molecule has 1 amide bonds. The molecule has 5 nitrogen and oxygen atoms in total. The normalized spacial score (nSPS) is 16.1. The first kappa shape index (κ1) is 16.0. The van der Waals surface area contributed by atoms with Crippen LogP contribution in [0, 0.1) is 0 Å². The molecule has 1 fully saturated rings. The predicted molar refractivity (Wildman–Crippen MR) is 91.9 cm³/mol. The first-order valence-corrected chi connectivity index (χ1v) is 8.69. The summed E-state index contributed by atoms with van der Waals surface area (Å²) in [4.78, 5) is 18.1. The molecule has 0 radical (unpaired) electrons. The van der Waals surface area contributed by atoms with Gasteiger partial charge in [0, 0.05) is 11.6 Å². The Morgan fingerprint density at radius 2 is 2.09 bits per heavy atom. The monoisotopic (exact) mass is 315 g/mol. The summed E-state index contributed by atoms with van der Waals surface area (Å²) in [5.41, 5.74) is 2.76. The molecule has 124 valence electrons. The molecule has 1 saturated carbocycles. The lowest BCUT2D eigenvalue weighted by molar-refractivity contribution is -0.856. The second-order valence-corrected chi connectivity index (χ2v) is 6.86. The predicted octanol–water partition coefficient (Wildman–Crippen LogP) is 1.42. The number of nitrogens with one attached hydrogen (secondary N) is 2. The number of imidazole rings is 1. The molecule has 1 aliphatic carbocycles. The summed E-state index contributed by atoms with van der Waals surface area (Å²) in [5, 5.41) is 2.97. The molecule has 23 heavy (non-hydrogen) atoms. The molecule has 1 aromatic heterocycles. The summed E-state index contributed by atoms with van der Waals surface area (Å²) in [6, 6.07) is 6.44. The van der Waals surface area contributed by atoms with E-state index >= 15 is 0 Å². The van der Waals surface area contributed by atoms with Crippen LogP contribution in [0.4, 0.5) is 0 Å². The van der Waals surface area contributed by atoms with Crippen LogP contribution in [-0.4, -0.2) is 42.6 Å². The number of carbonyl (C=O) groups is 1. The number of hydrogen-bond donors (Lipinski definition) is 2. The topological polar surface area (TPSA) is 51.4 Å². The van der Waals surface area contributed by atoms with Crippen molar-refractivity contribution in [2.24, 2.45) is 0 Å². The molecule has 1 aromatic carbocycles. The Morgan fingerprint density at radius 3 is 2.83 bits per heavy atom. The molecule has 0 unspecified atom stereocenters. The highest BCUT2D eigenvalue weighted by molar-refractivity contribution is 5.97. The van der Waals surface area contributed by atoms with Gasteiger partial charge in [0.2, 0.25) is 0 Å². The van der Waals surface area contributed by atoms with Gasteiger partial charge in [-0.2, -0.15) is 0 Å². The SMILES string of the molecule is C[NH+](C)CCNC(=O)c1ccc2c(c1)ncn2C1CCCCC1. The van der Waals surface area contributed by atoms with Crippen molar-refractivity contribution in [3.8, 4) is 0 Å². The highest BCUT2D eigenvalue weighted by Crippen LogP contribution is 2.30. The lowest BCUT2D eigenvalue weighted by Crippen LogP contribution is -3.06. The average Bonchev–Trinajstić information content (AvgIpc) is 2.98. The Hall–Kier alpha value is -1.88. The van der Waals surface area contributed by atoms with E-state index < -0.39 is 0 Å². The standard InChI is InChI=1S/C18H26N4O/c1-21(2)11-10-19-18(23)14-8-9-17-16(12-14)20-13-22(17)15-6-4-3-5-7-15/h8-9,12-13,15H,3-7,10-11H2,1-2H3,(H,19,23)/p+1. The van der Waals surface area contributed by atoms with E-state index in [0.29, 0.717) is 18.2 Å². The number of fused-ring (bicyclic) bond motifs is 1. The molecule has 5 heteroatoms. The highest BCUT2D eigenvalue weighted by atomic mass is 16.1. The molecule has 0 spiro atoms. The number of hydrogen-bond acceptors (Lipinski definition) is 2. The van der Waals surface area contributed by atoms with Crippen molar-refractivity contribution >= 4 is 16.9 Å². The maximum atomic E-state index is 12.2. The quantitative estimate of drug-likeness (QED) is 0.877. The largest absolute Gasteiger partial charge is 0.346 e. The Kier molecular flexibility index (Phi) is 4.96. The zero-order chi connectivity index (χ0) is 16.2. The number of carbonyl (C=O) groups excluding carboxylic acids is 1. The third kappa shape index (κ3) is 3.72. The van der Waals surface area contributed by atoms with Gasteiger partial charge in [0.25, 0.3) is 5.91 Å². The molecule has 1 heterocycles. The molecule has 0 saturated heterocycles. The number of quaternary nitrogens is 1. The minimum Gasteiger partial charge on any atom is -0.346 e. The van der Waals surface area contributed by atoms with Gasteiger partial charge < -0.3 is 14.8 Å². The van der Waals surface area contributed by atoms with Crippen LogP contribution < -0.4 is 10.2 Å². The van der Waals surface area contributed by atoms with E-state index in [1.54, 1.807) is 0 Å². The van der Waals surface area contributed by atoms with Crippen LogP contribution in [0.15, 0.2) is 24.5 Å². The maximum absolute atomic E-state index is 12.2. The van der Waals surface area contributed by atoms with Crippen molar-refractivity contribution in [1.82, 2.24) is 14.9 Å². The summed E-state index contributed by atoms with van der Waals surface area (Å²) in [6.45, 7) is 1.61. The van der Waals surface area contributed by atoms with E-state index in [-0.39, 0.29) is 5.91 Å². The van der Waals surface area contributed by atoms with Gasteiger partial charge in [0.15, 0.2) is 0 Å². The van der Waals surface area contributed by atoms with Crippen LogP contribution >= 0.6 is 0 Å². The van der Waals surface area contributed by atoms with Gasteiger partial charge in [0.05, 0.1) is 44.5 Å². The van der Waals surface area contributed by atoms with Crippen LogP contribution in [0.1, 0.15) is 48.5 Å². The van der Waals surface area contributed by atoms with Crippen molar-refractivity contribution in [3.63, 3.8) is 0 Å². The van der Waals surface area contributed by atoms with Crippen molar-refractivity contribution in [3.05, 3.63) is 30.1 Å². The number of nitrogens with zero attached hydrogens (tertiary/aromatic N) is 2. The minimum absolute atomic E-state index is 0.0135. The molecule has 0 bridgehead atoms. The number of benzene rings is 1. The van der Waals surface area contributed by atoms with E-state index in [0.717, 1.165) is 17.6 Å². The second kappa shape index (κ2) is 7.13. The van der Waals surface area contributed by atoms with Crippen molar-refractivity contribution in [1.29, 1.82) is 0 Å². The Balaban J connectivity index is 1.73. The Bertz CT molecular complexity index is 671. The maximum Gasteiger partial charge on any atom is 0.251 e. The molecule has 0 atom stereocenters. The van der Waals surface area contributed by atoms with E-state index in [4.69, 9.17) is 0 Å². The fourth-order valence-corrected chi connectivity index (χ4v) is 3.35. The van der Waals surface area contributed by atoms with Crippen molar-refractivity contribution in [2.75, 3.05) is 27.2 Å². The number of likely N-dealkylation sites (N-methyl/N-ethyl adjacent to an activating group) is 1. The third-order valence-electron chi connectivity index (χ3n) is 4.72. The summed E-state index contributed by atoms with van der Waals surface area (Å²) >= 11 is 0. The molecule has 2 aromatic rings. The smallest absolute Gasteiger partial charge is 0.251 e. The first-order valence-electron chi connectivity index (χ1n) is 8.69. The number of aromatic nitrogens is 2. The fraction of sp³-hybridized carbons (Fsp3) is 0.556. The second-order valence-electron chi connectivity index (χ2n) is 6.86. The number of rotatable bonds is 5. The molecular weight excluding hydrogens is 288 g/mol. The van der Waals surface area contributed by atoms with Crippen molar-refractivity contribution in [2.45, 2.75) is 38.1 Å². The van der Waals surface area contributed by atoms with Crippen molar-refractivity contribution < 1.29 is 9.69 Å². The lowest BCUT2D eigenvalue weighted by Gasteiger charge is -2.23. The van der Waals surface area contributed by atoms with Crippen LogP contribution in [0.25, 0.3) is 11.0 Å². The lowest BCUT2D eigenvalue weighted by atomic mass is 9.95. The van der Waals surface area contributed by atoms with Crippen LogP contribution in [-0.2, 0) is 0 Å². The highest BCUT2D eigenvalue weighted by Gasteiger charge is 2.18. The van der Waals surface area contributed by atoms with Gasteiger partial charge >= 0.3 is 0 Å². The van der Waals surface area contributed by atoms with Gasteiger partial charge in [0.1, 0.15) is 0 Å². The van der Waals surface area contributed by atoms with E-state index in [9.17, 15) is 4.79 Å². The van der Waals surface area contributed by atoms with Gasteiger partial charge in [-0.3, -0.25) is 4.79 Å². The third-order valence-corrected chi connectivity index (χ3v) is 4.72. The van der Waals surface area contributed by atoms with Gasteiger partial charge in [-0.25, -0.2) is 4.98 Å². The summed E-state index contributed by atoms with van der Waals surface area (Å²) in [6.07, 6.45) is 8.37. The van der Waals surface area contributed by atoms with E-state index in [1.807, 2.05) is 24.5 Å². The molecule has 3 rings (SSSR count). The van der Waals surface area contributed by atoms with Crippen LogP contribution in [0.5, 0.6) is 0 Å². The Morgan fingerprint density at radius 1 is 1.30 bits per heavy atom. The minimum atomic E-state index is -0.0135. The molecular formula is C18H27N4O+. The zero-order valence-electron chi connectivity index (χ0n) is 14.1. The van der Waals surface area contributed by atoms with Gasteiger partial charge in [-0.15, -0.1) is 0 Å². The van der Waals surface area contributed by atoms with Gasteiger partial charge in [-0.05, 0) is 31.0 Å². The number of amides is 1. The zero-order valence-corrected chi connectivity index (χ0v) is 14.1. The summed E-state index contributed by atoms with van der Waals surface area (Å²) < 4.78 is 2.30. The Labute approximate surface area is 137 Å². The van der Waals surface area contributed by atoms with Crippen LogP contribution in [0.3, 0.4) is 0 Å². The van der Waals surface area contributed by atoms with Gasteiger partial charge in [-0.1, -0.05) is 19.3 Å². The summed E-state index contributed by atoms with van der Waals surface area (Å²) in [5.74, 6) is -0.0135. The summed E-state index contributed by atoms with van der Waals surface area (Å²) in [7, 11) is 4.16. The fourth-order valence-electron chi connectivity index (χ4n) is 3.35. The molecule has 2 N–H and O–H groups in total. The van der Waals surface area contributed by atoms with E-state index in [1.165, 1.54) is 37.0 Å². The first-order chi connectivity index (χ1) is 11.1. The average molecular weight is 315 g/mol.